The van der Waals surface area contributed by atoms with Gasteiger partial charge in [-0.15, -0.1) is 0 Å². The van der Waals surface area contributed by atoms with Gasteiger partial charge >= 0.3 is 0 Å². The van der Waals surface area contributed by atoms with E-state index in [4.69, 9.17) is 21.4 Å². The van der Waals surface area contributed by atoms with Crippen LogP contribution < -0.4 is 0 Å². The SMILES string of the molecule is Cc1c(-c2c(Cl)ccc3c(CCCO)c(C(=O)P)n(C)c23)c(COCc2cc(Br)n(C)n2)nn1C. The van der Waals surface area contributed by atoms with Crippen molar-refractivity contribution in [2.75, 3.05) is 6.61 Å². The average molecular weight is 581 g/mol. The fraction of sp³-hybridized carbons (Fsp3) is 0.375. The third kappa shape index (κ3) is 4.85. The van der Waals surface area contributed by atoms with Crippen LogP contribution in [0.2, 0.25) is 5.02 Å². The summed E-state index contributed by atoms with van der Waals surface area (Å²) in [5.74, 6) is 0. The number of aromatic nitrogens is 5. The minimum absolute atomic E-state index is 0.0529. The van der Waals surface area contributed by atoms with Gasteiger partial charge in [0.15, 0.2) is 5.52 Å². The number of benzene rings is 1. The molecule has 0 fully saturated rings. The molecule has 1 aromatic carbocycles. The lowest BCUT2D eigenvalue weighted by molar-refractivity contribution is 0.101. The van der Waals surface area contributed by atoms with E-state index < -0.39 is 0 Å². The molecule has 0 amide bonds. The molecule has 11 heteroatoms. The van der Waals surface area contributed by atoms with Crippen molar-refractivity contribution in [1.29, 1.82) is 0 Å². The molecule has 3 heterocycles. The van der Waals surface area contributed by atoms with Crippen molar-refractivity contribution in [2.24, 2.45) is 21.1 Å². The molecular formula is C24H28BrClN5O3P. The largest absolute Gasteiger partial charge is 0.396 e. The lowest BCUT2D eigenvalue weighted by atomic mass is 9.98. The molecule has 1 N–H and O–H groups in total. The molecule has 0 saturated heterocycles. The molecule has 0 bridgehead atoms. The molecule has 0 spiro atoms. The minimum atomic E-state index is -0.105. The number of hydrogen-bond donors (Lipinski definition) is 1. The maximum Gasteiger partial charge on any atom is 0.194 e. The second-order valence-corrected chi connectivity index (χ2v) is 10.2. The highest BCUT2D eigenvalue weighted by Crippen LogP contribution is 2.42. The number of fused-ring (bicyclic) bond motifs is 1. The topological polar surface area (TPSA) is 87.1 Å². The number of aliphatic hydroxyl groups is 1. The molecule has 0 radical (unpaired) electrons. The Bertz CT molecular complexity index is 1410. The van der Waals surface area contributed by atoms with E-state index in [0.717, 1.165) is 49.3 Å². The Kier molecular flexibility index (Phi) is 7.83. The second kappa shape index (κ2) is 10.5. The quantitative estimate of drug-likeness (QED) is 0.290. The predicted octanol–water partition coefficient (Wildman–Crippen LogP) is 4.69. The van der Waals surface area contributed by atoms with Gasteiger partial charge in [0.1, 0.15) is 4.60 Å². The Morgan fingerprint density at radius 2 is 1.91 bits per heavy atom. The first kappa shape index (κ1) is 26.0. The first-order valence-corrected chi connectivity index (χ1v) is 12.9. The van der Waals surface area contributed by atoms with Crippen LogP contribution in [-0.4, -0.2) is 41.4 Å². The summed E-state index contributed by atoms with van der Waals surface area (Å²) in [6, 6.07) is 5.73. The van der Waals surface area contributed by atoms with Gasteiger partial charge in [0.05, 0.1) is 40.8 Å². The molecule has 8 nitrogen and oxygen atoms in total. The van der Waals surface area contributed by atoms with Crippen LogP contribution >= 0.6 is 36.8 Å². The zero-order chi connectivity index (χ0) is 25.4. The number of carbonyl (C=O) groups is 1. The van der Waals surface area contributed by atoms with Crippen molar-refractivity contribution >= 4 is 53.2 Å². The molecule has 0 aliphatic rings. The highest BCUT2D eigenvalue weighted by Gasteiger charge is 2.26. The molecule has 0 saturated carbocycles. The Labute approximate surface area is 219 Å². The van der Waals surface area contributed by atoms with Crippen molar-refractivity contribution in [3.63, 3.8) is 0 Å². The maximum absolute atomic E-state index is 12.6. The Balaban J connectivity index is 1.83. The molecule has 0 aliphatic carbocycles. The summed E-state index contributed by atoms with van der Waals surface area (Å²) in [5.41, 5.74) is 6.49. The van der Waals surface area contributed by atoms with Crippen LogP contribution in [0.5, 0.6) is 0 Å². The van der Waals surface area contributed by atoms with Gasteiger partial charge in [-0.3, -0.25) is 14.2 Å². The van der Waals surface area contributed by atoms with Crippen molar-refractivity contribution in [3.05, 3.63) is 56.2 Å². The van der Waals surface area contributed by atoms with Crippen molar-refractivity contribution in [3.8, 4) is 11.1 Å². The van der Waals surface area contributed by atoms with Crippen LogP contribution in [0.25, 0.3) is 22.0 Å². The molecule has 0 aliphatic heterocycles. The van der Waals surface area contributed by atoms with Gasteiger partial charge < -0.3 is 14.4 Å². The molecule has 4 rings (SSSR count). The second-order valence-electron chi connectivity index (χ2n) is 8.50. The smallest absolute Gasteiger partial charge is 0.194 e. The number of halogens is 2. The number of carbonyl (C=O) groups excluding carboxylic acids is 1. The third-order valence-corrected chi connectivity index (χ3v) is 7.58. The molecule has 1 unspecified atom stereocenters. The highest BCUT2D eigenvalue weighted by atomic mass is 79.9. The van der Waals surface area contributed by atoms with Crippen molar-refractivity contribution in [1.82, 2.24) is 24.1 Å². The summed E-state index contributed by atoms with van der Waals surface area (Å²) < 4.78 is 12.3. The number of aryl methyl sites for hydroxylation is 4. The van der Waals surface area contributed by atoms with Crippen LogP contribution in [0.15, 0.2) is 22.8 Å². The summed E-state index contributed by atoms with van der Waals surface area (Å²) in [4.78, 5) is 12.6. The summed E-state index contributed by atoms with van der Waals surface area (Å²) in [6.45, 7) is 2.66. The van der Waals surface area contributed by atoms with Crippen LogP contribution in [0.3, 0.4) is 0 Å². The van der Waals surface area contributed by atoms with Gasteiger partial charge in [-0.25, -0.2) is 0 Å². The first-order chi connectivity index (χ1) is 16.6. The fourth-order valence-electron chi connectivity index (χ4n) is 4.59. The van der Waals surface area contributed by atoms with Crippen LogP contribution in [0.1, 0.15) is 39.6 Å². The molecule has 35 heavy (non-hydrogen) atoms. The zero-order valence-corrected chi connectivity index (χ0v) is 23.6. The van der Waals surface area contributed by atoms with Crippen molar-refractivity contribution < 1.29 is 14.6 Å². The molecule has 1 atom stereocenters. The van der Waals surface area contributed by atoms with Crippen LogP contribution in [0, 0.1) is 6.92 Å². The minimum Gasteiger partial charge on any atom is -0.396 e. The number of rotatable bonds is 9. The van der Waals surface area contributed by atoms with Gasteiger partial charge in [0.25, 0.3) is 0 Å². The summed E-state index contributed by atoms with van der Waals surface area (Å²) >= 11 is 10.3. The third-order valence-electron chi connectivity index (χ3n) is 6.25. The van der Waals surface area contributed by atoms with E-state index in [2.05, 4.69) is 30.3 Å². The van der Waals surface area contributed by atoms with Gasteiger partial charge in [0, 0.05) is 50.0 Å². The number of ether oxygens (including phenoxy) is 1. The van der Waals surface area contributed by atoms with E-state index >= 15 is 0 Å². The molecular weight excluding hydrogens is 553 g/mol. The van der Waals surface area contributed by atoms with Crippen LogP contribution in [0.4, 0.5) is 0 Å². The molecule has 4 aromatic rings. The Morgan fingerprint density at radius 3 is 2.54 bits per heavy atom. The predicted molar refractivity (Wildman–Crippen MR) is 144 cm³/mol. The van der Waals surface area contributed by atoms with E-state index in [1.807, 2.05) is 55.5 Å². The standard InChI is InChI=1S/C24H28BrClN5O3P/c1-13-20(18(28-30(13)3)12-34-11-14-10-19(25)31(4)27-14)21-17(26)8-7-16-15(6-5-9-32)23(24(33)35)29(2)22(16)21/h7-8,10,32H,5-6,9,11-12,35H2,1-4H3. The Hall–Kier alpha value is -2.03. The van der Waals surface area contributed by atoms with Gasteiger partial charge in [-0.05, 0) is 53.4 Å². The van der Waals surface area contributed by atoms with E-state index in [9.17, 15) is 9.90 Å². The van der Waals surface area contributed by atoms with E-state index in [1.54, 1.807) is 4.68 Å². The van der Waals surface area contributed by atoms with Gasteiger partial charge in [-0.1, -0.05) is 26.9 Å². The van der Waals surface area contributed by atoms with E-state index in [-0.39, 0.29) is 18.7 Å². The number of aliphatic hydroxyl groups excluding tert-OH is 1. The van der Waals surface area contributed by atoms with Gasteiger partial charge in [0.2, 0.25) is 0 Å². The molecule has 186 valence electrons. The number of hydrogen-bond acceptors (Lipinski definition) is 5. The lowest BCUT2D eigenvalue weighted by Gasteiger charge is -2.12. The van der Waals surface area contributed by atoms with Crippen molar-refractivity contribution in [2.45, 2.75) is 33.0 Å². The van der Waals surface area contributed by atoms with E-state index in [0.29, 0.717) is 30.2 Å². The zero-order valence-electron chi connectivity index (χ0n) is 20.1. The van der Waals surface area contributed by atoms with Gasteiger partial charge in [-0.2, -0.15) is 10.2 Å². The maximum atomic E-state index is 12.6. The average Bonchev–Trinajstić information content (AvgIpc) is 3.38. The highest BCUT2D eigenvalue weighted by molar-refractivity contribution is 9.10. The summed E-state index contributed by atoms with van der Waals surface area (Å²) in [7, 11) is 7.90. The molecule has 3 aromatic heterocycles. The summed E-state index contributed by atoms with van der Waals surface area (Å²) in [5, 5.41) is 20.1. The monoisotopic (exact) mass is 579 g/mol. The normalized spacial score (nSPS) is 11.7. The van der Waals surface area contributed by atoms with E-state index in [1.165, 1.54) is 0 Å². The van der Waals surface area contributed by atoms with Crippen LogP contribution in [-0.2, 0) is 45.5 Å². The summed E-state index contributed by atoms with van der Waals surface area (Å²) in [6.07, 6.45) is 1.16. The lowest BCUT2D eigenvalue weighted by Crippen LogP contribution is -2.04. The Morgan fingerprint density at radius 1 is 1.17 bits per heavy atom. The number of nitrogens with zero attached hydrogens (tertiary/aromatic N) is 5. The fourth-order valence-corrected chi connectivity index (χ4v) is 5.55. The first-order valence-electron chi connectivity index (χ1n) is 11.1.